The standard InChI is InChI=1S/C22H27ClN2O5S/c1-21(2,3)22(4,20(27)28)25-11-10-18(19(25)26)24(5)31(29,30)17-9-7-14-12-16(23)8-6-15(14)13-17/h6-9,12-13,18H,10-11H2,1-5H3,(H,27,28)/t18-,22-/m0/s1. The molecule has 2 atom stereocenters. The molecule has 1 amide bonds. The molecule has 1 N–H and O–H groups in total. The molecule has 2 aromatic rings. The highest BCUT2D eigenvalue weighted by molar-refractivity contribution is 7.89. The highest BCUT2D eigenvalue weighted by atomic mass is 35.5. The van der Waals surface area contributed by atoms with E-state index in [9.17, 15) is 23.1 Å². The first-order valence-corrected chi connectivity index (χ1v) is 11.8. The SMILES string of the molecule is CN([C@H]1CCN([C@@](C)(C(=O)O)C(C)(C)C)C1=O)S(=O)(=O)c1ccc2cc(Cl)ccc2c1. The first-order chi connectivity index (χ1) is 14.2. The van der Waals surface area contributed by atoms with E-state index in [1.807, 2.05) is 0 Å². The monoisotopic (exact) mass is 466 g/mol. The quantitative estimate of drug-likeness (QED) is 0.726. The number of likely N-dealkylation sites (tertiary alicyclic amines) is 1. The number of carbonyl (C=O) groups excluding carboxylic acids is 1. The predicted molar refractivity (Wildman–Crippen MR) is 120 cm³/mol. The summed E-state index contributed by atoms with van der Waals surface area (Å²) in [6, 6.07) is 8.90. The second kappa shape index (κ2) is 7.76. The predicted octanol–water partition coefficient (Wildman–Crippen LogP) is 3.60. The first-order valence-electron chi connectivity index (χ1n) is 9.93. The number of sulfonamides is 1. The fourth-order valence-electron chi connectivity index (χ4n) is 3.98. The summed E-state index contributed by atoms with van der Waals surface area (Å²) in [7, 11) is -2.61. The Hall–Kier alpha value is -2.16. The van der Waals surface area contributed by atoms with E-state index in [1.165, 1.54) is 24.9 Å². The van der Waals surface area contributed by atoms with Gasteiger partial charge >= 0.3 is 5.97 Å². The van der Waals surface area contributed by atoms with Crippen LogP contribution in [0.3, 0.4) is 0 Å². The van der Waals surface area contributed by atoms with E-state index >= 15 is 0 Å². The van der Waals surface area contributed by atoms with Gasteiger partial charge in [-0.2, -0.15) is 4.31 Å². The van der Waals surface area contributed by atoms with Crippen molar-refractivity contribution in [3.8, 4) is 0 Å². The van der Waals surface area contributed by atoms with E-state index in [0.717, 1.165) is 9.69 Å². The molecule has 0 aliphatic carbocycles. The molecule has 1 heterocycles. The molecule has 0 bridgehead atoms. The highest BCUT2D eigenvalue weighted by Crippen LogP contribution is 2.39. The average molecular weight is 467 g/mol. The van der Waals surface area contributed by atoms with Gasteiger partial charge in [-0.3, -0.25) is 4.79 Å². The Morgan fingerprint density at radius 3 is 2.29 bits per heavy atom. The summed E-state index contributed by atoms with van der Waals surface area (Å²) in [4.78, 5) is 26.7. The third-order valence-corrected chi connectivity index (χ3v) is 8.58. The number of carbonyl (C=O) groups is 2. The molecule has 0 aromatic heterocycles. The van der Waals surface area contributed by atoms with E-state index < -0.39 is 38.9 Å². The molecule has 0 radical (unpaired) electrons. The summed E-state index contributed by atoms with van der Waals surface area (Å²) in [5.41, 5.74) is -2.22. The summed E-state index contributed by atoms with van der Waals surface area (Å²) in [6.45, 7) is 6.94. The Kier molecular flexibility index (Phi) is 5.88. The Bertz CT molecular complexity index is 1160. The van der Waals surface area contributed by atoms with Crippen LogP contribution in [0.4, 0.5) is 0 Å². The van der Waals surface area contributed by atoms with Crippen LogP contribution >= 0.6 is 11.6 Å². The summed E-state index contributed by atoms with van der Waals surface area (Å²) < 4.78 is 27.6. The minimum Gasteiger partial charge on any atom is -0.479 e. The number of likely N-dealkylation sites (N-methyl/N-ethyl adjacent to an activating group) is 1. The zero-order chi connectivity index (χ0) is 23.4. The smallest absolute Gasteiger partial charge is 0.329 e. The van der Waals surface area contributed by atoms with Crippen molar-refractivity contribution in [2.75, 3.05) is 13.6 Å². The molecular formula is C22H27ClN2O5S. The number of rotatable bonds is 5. The number of carboxylic acids is 1. The number of hydrogen-bond acceptors (Lipinski definition) is 4. The molecule has 0 spiro atoms. The number of amides is 1. The number of hydrogen-bond donors (Lipinski definition) is 1. The molecule has 3 rings (SSSR count). The van der Waals surface area contributed by atoms with Gasteiger partial charge in [0.1, 0.15) is 11.6 Å². The lowest BCUT2D eigenvalue weighted by Crippen LogP contribution is -2.62. The van der Waals surface area contributed by atoms with Crippen molar-refractivity contribution in [3.05, 3.63) is 41.4 Å². The lowest BCUT2D eigenvalue weighted by Gasteiger charge is -2.45. The molecule has 31 heavy (non-hydrogen) atoms. The second-order valence-corrected chi connectivity index (χ2v) is 11.5. The van der Waals surface area contributed by atoms with Crippen LogP contribution in [-0.2, 0) is 19.6 Å². The molecule has 1 fully saturated rings. The summed E-state index contributed by atoms with van der Waals surface area (Å²) in [5.74, 6) is -1.62. The topological polar surface area (TPSA) is 95.0 Å². The largest absolute Gasteiger partial charge is 0.479 e. The van der Waals surface area contributed by atoms with Crippen LogP contribution in [0.2, 0.25) is 5.02 Å². The first kappa shape index (κ1) is 23.5. The molecular weight excluding hydrogens is 440 g/mol. The van der Waals surface area contributed by atoms with Gasteiger partial charge in [0.25, 0.3) is 0 Å². The number of fused-ring (bicyclic) bond motifs is 1. The van der Waals surface area contributed by atoms with Gasteiger partial charge in [-0.05, 0) is 53.8 Å². The third-order valence-electron chi connectivity index (χ3n) is 6.48. The maximum atomic E-state index is 13.3. The highest BCUT2D eigenvalue weighted by Gasteiger charge is 2.55. The van der Waals surface area contributed by atoms with E-state index in [2.05, 4.69) is 0 Å². The van der Waals surface area contributed by atoms with Crippen molar-refractivity contribution in [2.45, 2.75) is 50.6 Å². The summed E-state index contributed by atoms with van der Waals surface area (Å²) in [5, 5.41) is 12.0. The minimum absolute atomic E-state index is 0.0629. The zero-order valence-corrected chi connectivity index (χ0v) is 19.8. The Morgan fingerprint density at radius 1 is 1.13 bits per heavy atom. The Balaban J connectivity index is 1.94. The molecule has 1 aliphatic heterocycles. The van der Waals surface area contributed by atoms with Gasteiger partial charge in [0.05, 0.1) is 4.90 Å². The fraction of sp³-hybridized carbons (Fsp3) is 0.455. The third kappa shape index (κ3) is 3.81. The molecule has 2 aromatic carbocycles. The summed E-state index contributed by atoms with van der Waals surface area (Å²) in [6.07, 6.45) is 0.219. The van der Waals surface area contributed by atoms with Gasteiger partial charge in [-0.1, -0.05) is 44.5 Å². The van der Waals surface area contributed by atoms with Crippen LogP contribution in [0, 0.1) is 5.41 Å². The van der Waals surface area contributed by atoms with Gasteiger partial charge in [0, 0.05) is 18.6 Å². The van der Waals surface area contributed by atoms with Gasteiger partial charge in [-0.25, -0.2) is 13.2 Å². The maximum absolute atomic E-state index is 13.3. The van der Waals surface area contributed by atoms with Gasteiger partial charge < -0.3 is 10.0 Å². The van der Waals surface area contributed by atoms with Gasteiger partial charge in [-0.15, -0.1) is 0 Å². The Morgan fingerprint density at radius 2 is 1.71 bits per heavy atom. The van der Waals surface area contributed by atoms with Crippen molar-refractivity contribution < 1.29 is 23.1 Å². The van der Waals surface area contributed by atoms with E-state index in [1.54, 1.807) is 51.1 Å². The fourth-order valence-corrected chi connectivity index (χ4v) is 5.54. The normalized spacial score (nSPS) is 19.8. The van der Waals surface area contributed by atoms with Gasteiger partial charge in [0.2, 0.25) is 15.9 Å². The average Bonchev–Trinajstić information content (AvgIpc) is 3.06. The minimum atomic E-state index is -3.98. The van der Waals surface area contributed by atoms with Crippen LogP contribution in [0.25, 0.3) is 10.8 Å². The molecule has 0 unspecified atom stereocenters. The molecule has 168 valence electrons. The van der Waals surface area contributed by atoms with E-state index in [0.29, 0.717) is 10.4 Å². The molecule has 1 aliphatic rings. The number of nitrogens with zero attached hydrogens (tertiary/aromatic N) is 2. The zero-order valence-electron chi connectivity index (χ0n) is 18.2. The second-order valence-electron chi connectivity index (χ2n) is 9.10. The number of benzene rings is 2. The molecule has 7 nitrogen and oxygen atoms in total. The number of carboxylic acid groups (broad SMARTS) is 1. The number of halogens is 1. The van der Waals surface area contributed by atoms with Crippen LogP contribution in [0.1, 0.15) is 34.1 Å². The molecule has 0 saturated carbocycles. The van der Waals surface area contributed by atoms with Gasteiger partial charge in [0.15, 0.2) is 0 Å². The van der Waals surface area contributed by atoms with Crippen molar-refractivity contribution in [1.29, 1.82) is 0 Å². The van der Waals surface area contributed by atoms with Crippen molar-refractivity contribution in [3.63, 3.8) is 0 Å². The van der Waals surface area contributed by atoms with Crippen LogP contribution in [0.5, 0.6) is 0 Å². The summed E-state index contributed by atoms with van der Waals surface area (Å²) >= 11 is 6.00. The molecule has 9 heteroatoms. The lowest BCUT2D eigenvalue weighted by atomic mass is 9.73. The Labute approximate surface area is 187 Å². The van der Waals surface area contributed by atoms with Crippen LogP contribution in [0.15, 0.2) is 41.3 Å². The van der Waals surface area contributed by atoms with Crippen LogP contribution < -0.4 is 0 Å². The van der Waals surface area contributed by atoms with Crippen molar-refractivity contribution in [1.82, 2.24) is 9.21 Å². The van der Waals surface area contributed by atoms with Crippen molar-refractivity contribution in [2.24, 2.45) is 5.41 Å². The van der Waals surface area contributed by atoms with Crippen molar-refractivity contribution >= 4 is 44.3 Å². The number of aliphatic carboxylic acids is 1. The van der Waals surface area contributed by atoms with Crippen LogP contribution in [-0.4, -0.2) is 59.8 Å². The lowest BCUT2D eigenvalue weighted by molar-refractivity contribution is -0.164. The van der Waals surface area contributed by atoms with E-state index in [4.69, 9.17) is 11.6 Å². The van der Waals surface area contributed by atoms with E-state index in [-0.39, 0.29) is 17.9 Å². The molecule has 1 saturated heterocycles. The maximum Gasteiger partial charge on any atom is 0.329 e.